The molecule has 0 unspecified atom stereocenters. The van der Waals surface area contributed by atoms with Crippen molar-refractivity contribution >= 4 is 28.9 Å². The van der Waals surface area contributed by atoms with Crippen molar-refractivity contribution in [3.63, 3.8) is 0 Å². The van der Waals surface area contributed by atoms with E-state index in [1.807, 2.05) is 16.7 Å². The summed E-state index contributed by atoms with van der Waals surface area (Å²) in [5.74, 6) is -0.458. The molecule has 1 aromatic carbocycles. The fourth-order valence-electron chi connectivity index (χ4n) is 2.98. The summed E-state index contributed by atoms with van der Waals surface area (Å²) in [6.07, 6.45) is 2.15. The summed E-state index contributed by atoms with van der Waals surface area (Å²) in [5, 5.41) is 13.6. The molecule has 7 nitrogen and oxygen atoms in total. The highest BCUT2D eigenvalue weighted by atomic mass is 16.2. The van der Waals surface area contributed by atoms with Gasteiger partial charge in [-0.1, -0.05) is 19.9 Å². The monoisotopic (exact) mass is 339 g/mol. The second-order valence-corrected chi connectivity index (χ2v) is 6.96. The van der Waals surface area contributed by atoms with Gasteiger partial charge in [0.2, 0.25) is 0 Å². The van der Waals surface area contributed by atoms with Crippen molar-refractivity contribution in [2.24, 2.45) is 11.1 Å². The number of hydrogen-bond donors (Lipinski definition) is 4. The van der Waals surface area contributed by atoms with E-state index in [1.54, 1.807) is 12.1 Å². The number of carbonyl (C=O) groups excluding carboxylic acids is 2. The Morgan fingerprint density at radius 1 is 1.40 bits per heavy atom. The number of aromatic nitrogens is 1. The Morgan fingerprint density at radius 2 is 2.16 bits per heavy atom. The summed E-state index contributed by atoms with van der Waals surface area (Å²) in [7, 11) is 0. The fraction of sp³-hybridized carbons (Fsp3) is 0.278. The van der Waals surface area contributed by atoms with Gasteiger partial charge in [-0.25, -0.2) is 0 Å². The largest absolute Gasteiger partial charge is 0.403 e. The van der Waals surface area contributed by atoms with Gasteiger partial charge in [-0.2, -0.15) is 0 Å². The Labute approximate surface area is 145 Å². The number of benzene rings is 1. The van der Waals surface area contributed by atoms with Crippen LogP contribution in [0.5, 0.6) is 0 Å². The Morgan fingerprint density at radius 3 is 2.84 bits per heavy atom. The molecule has 0 saturated carbocycles. The third-order valence-electron chi connectivity index (χ3n) is 4.31. The molecule has 130 valence electrons. The molecular formula is C18H21N5O2. The predicted molar refractivity (Wildman–Crippen MR) is 96.6 cm³/mol. The van der Waals surface area contributed by atoms with Gasteiger partial charge in [0.15, 0.2) is 0 Å². The van der Waals surface area contributed by atoms with Crippen LogP contribution in [-0.2, 0) is 6.54 Å². The molecule has 25 heavy (non-hydrogen) atoms. The highest BCUT2D eigenvalue weighted by molar-refractivity contribution is 6.03. The minimum atomic E-state index is -0.352. The lowest BCUT2D eigenvalue weighted by atomic mass is 9.93. The zero-order valence-corrected chi connectivity index (χ0v) is 14.2. The van der Waals surface area contributed by atoms with Gasteiger partial charge in [0.25, 0.3) is 11.8 Å². The first-order valence-electron chi connectivity index (χ1n) is 8.00. The summed E-state index contributed by atoms with van der Waals surface area (Å²) in [6, 6.07) is 7.12. The molecular weight excluding hydrogens is 318 g/mol. The number of nitrogens with zero attached hydrogens (tertiary/aromatic N) is 1. The van der Waals surface area contributed by atoms with Crippen molar-refractivity contribution in [2.75, 3.05) is 6.54 Å². The summed E-state index contributed by atoms with van der Waals surface area (Å²) in [4.78, 5) is 24.7. The predicted octanol–water partition coefficient (Wildman–Crippen LogP) is 1.59. The van der Waals surface area contributed by atoms with Gasteiger partial charge in [0.05, 0.1) is 5.70 Å². The lowest BCUT2D eigenvalue weighted by Gasteiger charge is -2.23. The van der Waals surface area contributed by atoms with E-state index in [0.717, 1.165) is 17.1 Å². The fourth-order valence-corrected chi connectivity index (χ4v) is 2.98. The van der Waals surface area contributed by atoms with Gasteiger partial charge < -0.3 is 26.3 Å². The third-order valence-corrected chi connectivity index (χ3v) is 4.31. The Hall–Kier alpha value is -3.09. The van der Waals surface area contributed by atoms with E-state index in [0.29, 0.717) is 24.3 Å². The topological polar surface area (TPSA) is 113 Å². The van der Waals surface area contributed by atoms with E-state index in [1.165, 1.54) is 6.20 Å². The van der Waals surface area contributed by atoms with Gasteiger partial charge in [0, 0.05) is 47.4 Å². The van der Waals surface area contributed by atoms with E-state index in [9.17, 15) is 9.59 Å². The minimum absolute atomic E-state index is 0.0965. The van der Waals surface area contributed by atoms with Crippen LogP contribution >= 0.6 is 0 Å². The molecule has 1 aromatic heterocycles. The van der Waals surface area contributed by atoms with Crippen molar-refractivity contribution in [3.8, 4) is 0 Å². The summed E-state index contributed by atoms with van der Waals surface area (Å²) < 4.78 is 1.96. The molecule has 0 bridgehead atoms. The lowest BCUT2D eigenvalue weighted by molar-refractivity contribution is 0.0941. The third kappa shape index (κ3) is 3.13. The van der Waals surface area contributed by atoms with Crippen LogP contribution in [0.25, 0.3) is 10.9 Å². The van der Waals surface area contributed by atoms with Gasteiger partial charge >= 0.3 is 0 Å². The first-order chi connectivity index (χ1) is 11.8. The number of fused-ring (bicyclic) bond motifs is 3. The molecule has 0 fully saturated rings. The first kappa shape index (κ1) is 16.8. The van der Waals surface area contributed by atoms with Gasteiger partial charge in [0.1, 0.15) is 5.69 Å². The van der Waals surface area contributed by atoms with E-state index in [4.69, 9.17) is 11.1 Å². The highest BCUT2D eigenvalue weighted by Gasteiger charge is 2.28. The van der Waals surface area contributed by atoms with Crippen LogP contribution in [0, 0.1) is 10.8 Å². The highest BCUT2D eigenvalue weighted by Crippen LogP contribution is 2.28. The molecule has 0 radical (unpaired) electrons. The molecule has 0 atom stereocenters. The summed E-state index contributed by atoms with van der Waals surface area (Å²) >= 11 is 0. The van der Waals surface area contributed by atoms with Gasteiger partial charge in [-0.15, -0.1) is 0 Å². The first-order valence-corrected chi connectivity index (χ1v) is 8.00. The average molecular weight is 339 g/mol. The molecule has 2 aromatic rings. The molecule has 0 spiro atoms. The van der Waals surface area contributed by atoms with Crippen molar-refractivity contribution in [3.05, 3.63) is 47.4 Å². The van der Waals surface area contributed by atoms with Crippen LogP contribution in [0.4, 0.5) is 0 Å². The number of nitrogens with one attached hydrogen (secondary N) is 3. The van der Waals surface area contributed by atoms with Gasteiger partial charge in [-0.3, -0.25) is 9.59 Å². The van der Waals surface area contributed by atoms with E-state index in [2.05, 4.69) is 24.5 Å². The maximum Gasteiger partial charge on any atom is 0.267 e. The van der Waals surface area contributed by atoms with E-state index < -0.39 is 0 Å². The van der Waals surface area contributed by atoms with Crippen molar-refractivity contribution in [1.82, 2.24) is 15.2 Å². The molecule has 0 saturated heterocycles. The number of amides is 2. The van der Waals surface area contributed by atoms with E-state index >= 15 is 0 Å². The van der Waals surface area contributed by atoms with Gasteiger partial charge in [-0.05, 0) is 18.2 Å². The molecule has 2 heterocycles. The van der Waals surface area contributed by atoms with Crippen molar-refractivity contribution < 1.29 is 9.59 Å². The molecule has 5 N–H and O–H groups in total. The van der Waals surface area contributed by atoms with Crippen LogP contribution in [0.2, 0.25) is 0 Å². The molecule has 7 heteroatoms. The second-order valence-electron chi connectivity index (χ2n) is 6.96. The molecule has 3 rings (SSSR count). The lowest BCUT2D eigenvalue weighted by Crippen LogP contribution is -2.31. The van der Waals surface area contributed by atoms with Crippen LogP contribution in [0.1, 0.15) is 34.7 Å². The maximum atomic E-state index is 12.4. The van der Waals surface area contributed by atoms with Crippen LogP contribution < -0.4 is 16.4 Å². The normalized spacial score (nSPS) is 16.7. The smallest absolute Gasteiger partial charge is 0.267 e. The quantitative estimate of drug-likeness (QED) is 0.637. The molecule has 0 aliphatic carbocycles. The number of carbonyl (C=O) groups is 2. The summed E-state index contributed by atoms with van der Waals surface area (Å²) in [6.45, 7) is 5.45. The molecule has 2 amide bonds. The number of nitrogens with two attached hydrogens (primary N) is 1. The van der Waals surface area contributed by atoms with Crippen molar-refractivity contribution in [2.45, 2.75) is 20.4 Å². The van der Waals surface area contributed by atoms with Crippen LogP contribution in [0.3, 0.4) is 0 Å². The maximum absolute atomic E-state index is 12.4. The standard InChI is InChI=1S/C18H21N5O2/c1-18(2)9-21-17(25)15-5-11-3-4-12(6-14(11)23(15)10-18)16(24)22-13(7-19)8-20/h3-8,19H,9-10,20H2,1-2H3,(H,21,25)(H,22,24)/b13-8+,19-7?. The number of allylic oxidation sites excluding steroid dienone is 1. The summed E-state index contributed by atoms with van der Waals surface area (Å²) in [5.41, 5.74) is 7.36. The number of hydrogen-bond acceptors (Lipinski definition) is 4. The zero-order chi connectivity index (χ0) is 18.2. The molecule has 1 aliphatic rings. The SMILES string of the molecule is CC1(C)CNC(=O)c2cc3ccc(C(=O)N/C(C=N)=C/N)cc3n2C1. The minimum Gasteiger partial charge on any atom is -0.403 e. The zero-order valence-electron chi connectivity index (χ0n) is 14.2. The number of rotatable bonds is 3. The average Bonchev–Trinajstić information content (AvgIpc) is 2.89. The molecule has 1 aliphatic heterocycles. The van der Waals surface area contributed by atoms with Crippen molar-refractivity contribution in [1.29, 1.82) is 5.41 Å². The Bertz CT molecular complexity index is 908. The Kier molecular flexibility index (Phi) is 4.08. The van der Waals surface area contributed by atoms with Crippen LogP contribution in [0.15, 0.2) is 36.2 Å². The second kappa shape index (κ2) is 6.08. The van der Waals surface area contributed by atoms with E-state index in [-0.39, 0.29) is 22.9 Å². The van der Waals surface area contributed by atoms with Crippen LogP contribution in [-0.4, -0.2) is 29.1 Å². The Balaban J connectivity index is 2.06.